The Kier molecular flexibility index (Phi) is 5.23. The van der Waals surface area contributed by atoms with Gasteiger partial charge in [0.15, 0.2) is 0 Å². The van der Waals surface area contributed by atoms with Gasteiger partial charge in [-0.05, 0) is 42.2 Å². The number of anilines is 2. The quantitative estimate of drug-likeness (QED) is 0.532. The molecule has 32 heavy (non-hydrogen) atoms. The highest BCUT2D eigenvalue weighted by molar-refractivity contribution is 6.46. The maximum absolute atomic E-state index is 13.8. The van der Waals surface area contributed by atoms with E-state index in [2.05, 4.69) is 6.07 Å². The molecule has 0 aromatic heterocycles. The Morgan fingerprint density at radius 3 is 2.47 bits per heavy atom. The zero-order valence-corrected chi connectivity index (χ0v) is 18.0. The van der Waals surface area contributed by atoms with Crippen LogP contribution in [0.1, 0.15) is 24.5 Å². The standard InChI is InChI=1S/C27H24N2O3/c1-2-17-32-22-13-8-12-21(18-22)29-26(30)24(20-10-4-3-5-11-20)25(27(29)31)28-16-15-19-9-6-7-14-23(19)28/h3-14,18H,2,15-17H2,1H3. The molecule has 0 unspecified atom stereocenters. The van der Waals surface area contributed by atoms with Crippen molar-refractivity contribution < 1.29 is 14.3 Å². The first-order valence-electron chi connectivity index (χ1n) is 11.0. The second-order valence-electron chi connectivity index (χ2n) is 7.91. The summed E-state index contributed by atoms with van der Waals surface area (Å²) in [7, 11) is 0. The molecule has 160 valence electrons. The maximum atomic E-state index is 13.8. The number of rotatable bonds is 6. The maximum Gasteiger partial charge on any atom is 0.282 e. The van der Waals surface area contributed by atoms with Gasteiger partial charge in [-0.15, -0.1) is 0 Å². The summed E-state index contributed by atoms with van der Waals surface area (Å²) >= 11 is 0. The molecule has 0 saturated heterocycles. The Labute approximate surface area is 187 Å². The number of hydrogen-bond acceptors (Lipinski definition) is 4. The highest BCUT2D eigenvalue weighted by Crippen LogP contribution is 2.40. The molecule has 0 bridgehead atoms. The van der Waals surface area contributed by atoms with Crippen LogP contribution in [0.3, 0.4) is 0 Å². The number of carbonyl (C=O) groups is 2. The summed E-state index contributed by atoms with van der Waals surface area (Å²) in [5.41, 5.74) is 4.30. The third-order valence-corrected chi connectivity index (χ3v) is 5.83. The number of nitrogens with zero attached hydrogens (tertiary/aromatic N) is 2. The molecule has 0 spiro atoms. The zero-order chi connectivity index (χ0) is 22.1. The molecule has 0 N–H and O–H groups in total. The average molecular weight is 425 g/mol. The van der Waals surface area contributed by atoms with E-state index < -0.39 is 0 Å². The van der Waals surface area contributed by atoms with Crippen LogP contribution in [0.25, 0.3) is 5.57 Å². The van der Waals surface area contributed by atoms with E-state index in [4.69, 9.17) is 4.74 Å². The van der Waals surface area contributed by atoms with E-state index >= 15 is 0 Å². The highest BCUT2D eigenvalue weighted by Gasteiger charge is 2.44. The van der Waals surface area contributed by atoms with E-state index in [9.17, 15) is 9.59 Å². The molecule has 0 fully saturated rings. The van der Waals surface area contributed by atoms with Crippen molar-refractivity contribution in [3.63, 3.8) is 0 Å². The van der Waals surface area contributed by atoms with Crippen LogP contribution < -0.4 is 14.5 Å². The van der Waals surface area contributed by atoms with E-state index in [1.54, 1.807) is 12.1 Å². The first-order chi connectivity index (χ1) is 15.7. The highest BCUT2D eigenvalue weighted by atomic mass is 16.5. The van der Waals surface area contributed by atoms with Gasteiger partial charge in [-0.1, -0.05) is 61.5 Å². The number of carbonyl (C=O) groups excluding carboxylic acids is 2. The number of amides is 2. The van der Waals surface area contributed by atoms with Gasteiger partial charge in [0.25, 0.3) is 11.8 Å². The first kappa shape index (κ1) is 20.1. The van der Waals surface area contributed by atoms with Crippen molar-refractivity contribution in [1.29, 1.82) is 0 Å². The molecule has 0 aliphatic carbocycles. The Bertz CT molecular complexity index is 1220. The van der Waals surface area contributed by atoms with E-state index in [1.807, 2.05) is 72.5 Å². The Morgan fingerprint density at radius 1 is 0.875 bits per heavy atom. The molecule has 0 radical (unpaired) electrons. The smallest absolute Gasteiger partial charge is 0.282 e. The van der Waals surface area contributed by atoms with E-state index in [0.29, 0.717) is 35.9 Å². The van der Waals surface area contributed by atoms with Crippen LogP contribution in [-0.2, 0) is 16.0 Å². The van der Waals surface area contributed by atoms with Crippen LogP contribution in [0.2, 0.25) is 0 Å². The predicted octanol–water partition coefficient (Wildman–Crippen LogP) is 4.82. The lowest BCUT2D eigenvalue weighted by molar-refractivity contribution is -0.120. The summed E-state index contributed by atoms with van der Waals surface area (Å²) in [6, 6.07) is 24.7. The minimum Gasteiger partial charge on any atom is -0.494 e. The van der Waals surface area contributed by atoms with Crippen molar-refractivity contribution in [3.05, 3.63) is 95.7 Å². The van der Waals surface area contributed by atoms with Crippen LogP contribution >= 0.6 is 0 Å². The van der Waals surface area contributed by atoms with E-state index in [-0.39, 0.29) is 11.8 Å². The topological polar surface area (TPSA) is 49.9 Å². The molecule has 5 heteroatoms. The molecule has 2 amide bonds. The Balaban J connectivity index is 1.61. The van der Waals surface area contributed by atoms with E-state index in [1.165, 1.54) is 10.5 Å². The molecule has 5 rings (SSSR count). The second kappa shape index (κ2) is 8.35. The van der Waals surface area contributed by atoms with E-state index in [0.717, 1.165) is 24.1 Å². The minimum atomic E-state index is -0.312. The fourth-order valence-electron chi connectivity index (χ4n) is 4.37. The molecule has 3 aromatic carbocycles. The molecule has 5 nitrogen and oxygen atoms in total. The van der Waals surface area contributed by atoms with Gasteiger partial charge < -0.3 is 9.64 Å². The molecule has 2 aliphatic rings. The summed E-state index contributed by atoms with van der Waals surface area (Å²) in [6.07, 6.45) is 1.72. The first-order valence-corrected chi connectivity index (χ1v) is 11.0. The van der Waals surface area contributed by atoms with Gasteiger partial charge in [-0.2, -0.15) is 0 Å². The fourth-order valence-corrected chi connectivity index (χ4v) is 4.37. The number of fused-ring (bicyclic) bond motifs is 1. The van der Waals surface area contributed by atoms with Crippen molar-refractivity contribution in [2.75, 3.05) is 23.0 Å². The molecule has 0 saturated carbocycles. The van der Waals surface area contributed by atoms with Crippen molar-refractivity contribution >= 4 is 28.8 Å². The van der Waals surface area contributed by atoms with Crippen LogP contribution in [0.5, 0.6) is 5.75 Å². The predicted molar refractivity (Wildman–Crippen MR) is 126 cm³/mol. The zero-order valence-electron chi connectivity index (χ0n) is 18.0. The summed E-state index contributed by atoms with van der Waals surface area (Å²) < 4.78 is 5.74. The van der Waals surface area contributed by atoms with Gasteiger partial charge in [0.2, 0.25) is 0 Å². The summed E-state index contributed by atoms with van der Waals surface area (Å²) in [6.45, 7) is 3.28. The Morgan fingerprint density at radius 2 is 1.66 bits per heavy atom. The second-order valence-corrected chi connectivity index (χ2v) is 7.91. The van der Waals surface area contributed by atoms with Crippen LogP contribution in [-0.4, -0.2) is 25.0 Å². The number of para-hydroxylation sites is 1. The van der Waals surface area contributed by atoms with Gasteiger partial charge in [-0.3, -0.25) is 9.59 Å². The van der Waals surface area contributed by atoms with Crippen molar-refractivity contribution in [3.8, 4) is 5.75 Å². The van der Waals surface area contributed by atoms with Crippen LogP contribution in [0, 0.1) is 0 Å². The van der Waals surface area contributed by atoms with Gasteiger partial charge >= 0.3 is 0 Å². The molecule has 2 heterocycles. The lowest BCUT2D eigenvalue weighted by atomic mass is 10.0. The van der Waals surface area contributed by atoms with Crippen LogP contribution in [0.15, 0.2) is 84.6 Å². The summed E-state index contributed by atoms with van der Waals surface area (Å²) in [5.74, 6) is 0.0256. The van der Waals surface area contributed by atoms with Crippen molar-refractivity contribution in [2.24, 2.45) is 0 Å². The molecule has 0 atom stereocenters. The SMILES string of the molecule is CCCOc1cccc(N2C(=O)C(c3ccccc3)=C(N3CCc4ccccc43)C2=O)c1. The van der Waals surface area contributed by atoms with Crippen molar-refractivity contribution in [2.45, 2.75) is 19.8 Å². The number of benzene rings is 3. The number of hydrogen-bond donors (Lipinski definition) is 0. The summed E-state index contributed by atoms with van der Waals surface area (Å²) in [4.78, 5) is 30.8. The summed E-state index contributed by atoms with van der Waals surface area (Å²) in [5, 5.41) is 0. The van der Waals surface area contributed by atoms with Gasteiger partial charge in [0, 0.05) is 18.3 Å². The number of ether oxygens (including phenoxy) is 1. The minimum absolute atomic E-state index is 0.307. The lowest BCUT2D eigenvalue weighted by Gasteiger charge is -2.22. The third-order valence-electron chi connectivity index (χ3n) is 5.83. The average Bonchev–Trinajstić information content (AvgIpc) is 3.36. The molecule has 2 aliphatic heterocycles. The molecular weight excluding hydrogens is 400 g/mol. The van der Waals surface area contributed by atoms with Crippen molar-refractivity contribution in [1.82, 2.24) is 0 Å². The molecular formula is C27H24N2O3. The monoisotopic (exact) mass is 424 g/mol. The van der Waals surface area contributed by atoms with Gasteiger partial charge in [-0.25, -0.2) is 4.90 Å². The van der Waals surface area contributed by atoms with Gasteiger partial charge in [0.1, 0.15) is 11.4 Å². The fraction of sp³-hybridized carbons (Fsp3) is 0.185. The number of imide groups is 1. The van der Waals surface area contributed by atoms with Gasteiger partial charge in [0.05, 0.1) is 17.9 Å². The molecule has 3 aromatic rings. The third kappa shape index (κ3) is 3.36. The largest absolute Gasteiger partial charge is 0.494 e. The Hall–Kier alpha value is -3.86. The normalized spacial score (nSPS) is 15.5. The van der Waals surface area contributed by atoms with Crippen LogP contribution in [0.4, 0.5) is 11.4 Å². The lowest BCUT2D eigenvalue weighted by Crippen LogP contribution is -2.34.